The molecule has 0 aliphatic rings. The van der Waals surface area contributed by atoms with Crippen LogP contribution in [-0.2, 0) is 16.0 Å². The van der Waals surface area contributed by atoms with Crippen molar-refractivity contribution in [3.05, 3.63) is 53.1 Å². The Hall–Kier alpha value is -4.54. The van der Waals surface area contributed by atoms with Crippen LogP contribution in [0.15, 0.2) is 41.4 Å². The first kappa shape index (κ1) is 38.6. The van der Waals surface area contributed by atoms with E-state index in [-0.39, 0.29) is 47.0 Å². The number of aryl methyl sites for hydroxylation is 1. The quantitative estimate of drug-likeness (QED) is 0.0524. The van der Waals surface area contributed by atoms with E-state index in [1.54, 1.807) is 18.2 Å². The van der Waals surface area contributed by atoms with E-state index in [0.29, 0.717) is 74.2 Å². The summed E-state index contributed by atoms with van der Waals surface area (Å²) in [5, 5.41) is 10.6. The second-order valence-electron chi connectivity index (χ2n) is 11.9. The van der Waals surface area contributed by atoms with Crippen LogP contribution in [0.1, 0.15) is 105 Å². The summed E-state index contributed by atoms with van der Waals surface area (Å²) in [5.74, 6) is -0.193. The number of carbonyl (C=O) groups excluding carboxylic acids is 4. The van der Waals surface area contributed by atoms with Crippen LogP contribution in [0.3, 0.4) is 0 Å². The number of aliphatic imine (C=N–C) groups is 1. The Kier molecular flexibility index (Phi) is 16.3. The van der Waals surface area contributed by atoms with Gasteiger partial charge in [-0.15, -0.1) is 0 Å². The van der Waals surface area contributed by atoms with E-state index in [2.05, 4.69) is 17.2 Å². The van der Waals surface area contributed by atoms with Crippen LogP contribution in [0.5, 0.6) is 11.5 Å². The zero-order valence-corrected chi connectivity index (χ0v) is 28.4. The van der Waals surface area contributed by atoms with E-state index in [9.17, 15) is 19.2 Å². The lowest BCUT2D eigenvalue weighted by Crippen LogP contribution is -2.25. The van der Waals surface area contributed by atoms with Gasteiger partial charge in [-0.25, -0.2) is 0 Å². The van der Waals surface area contributed by atoms with Gasteiger partial charge < -0.3 is 31.7 Å². The predicted octanol–water partition coefficient (Wildman–Crippen LogP) is 5.92. The normalized spacial score (nSPS) is 12.0. The van der Waals surface area contributed by atoms with Crippen LogP contribution in [0, 0.1) is 17.2 Å². The molecule has 6 N–H and O–H groups in total. The standard InChI is InChI=1S/C36H51N5O6/c1-6-10-23(2)30(42)14-7-11-25-16-18-32(46-4)28(21-25)31(43)15-8-12-26(13-9-20-40-36(38)39)35(45)41-27-17-19-33(47-5)29(22-27)34(44)24(3)37/h16-19,21-23,26,37H,6-15,20H2,1-5H3,(H,41,45)(H4,38,39,40). The molecule has 47 heavy (non-hydrogen) atoms. The van der Waals surface area contributed by atoms with Crippen molar-refractivity contribution in [3.63, 3.8) is 0 Å². The number of anilines is 1. The summed E-state index contributed by atoms with van der Waals surface area (Å²) in [7, 11) is 2.96. The van der Waals surface area contributed by atoms with Crippen LogP contribution in [0.2, 0.25) is 0 Å². The molecule has 0 bridgehead atoms. The van der Waals surface area contributed by atoms with Gasteiger partial charge in [0.2, 0.25) is 11.7 Å². The summed E-state index contributed by atoms with van der Waals surface area (Å²) in [6, 6.07) is 10.3. The molecular formula is C36H51N5O6. The molecule has 0 aliphatic heterocycles. The molecule has 0 heterocycles. The molecule has 2 unspecified atom stereocenters. The number of methoxy groups -OCH3 is 2. The number of amides is 1. The summed E-state index contributed by atoms with van der Waals surface area (Å²) in [5.41, 5.74) is 12.8. The number of benzene rings is 2. The van der Waals surface area contributed by atoms with Gasteiger partial charge in [0, 0.05) is 36.9 Å². The lowest BCUT2D eigenvalue weighted by Gasteiger charge is -2.18. The molecule has 0 radical (unpaired) electrons. The lowest BCUT2D eigenvalue weighted by molar-refractivity contribution is -0.122. The number of ether oxygens (including phenoxy) is 2. The first-order valence-electron chi connectivity index (χ1n) is 16.3. The molecule has 0 saturated heterocycles. The third-order valence-corrected chi connectivity index (χ3v) is 8.11. The molecule has 2 rings (SSSR count). The van der Waals surface area contributed by atoms with E-state index in [1.165, 1.54) is 27.2 Å². The number of nitrogens with two attached hydrogens (primary N) is 2. The fraction of sp³-hybridized carbons (Fsp3) is 0.500. The minimum absolute atomic E-state index is 0.0256. The molecule has 0 saturated carbocycles. The number of hydrogen-bond donors (Lipinski definition) is 4. The molecule has 0 fully saturated rings. The molecule has 11 heteroatoms. The molecule has 11 nitrogen and oxygen atoms in total. The molecule has 2 aromatic rings. The topological polar surface area (TPSA) is 187 Å². The van der Waals surface area contributed by atoms with E-state index < -0.39 is 11.7 Å². The highest BCUT2D eigenvalue weighted by Gasteiger charge is 2.22. The lowest BCUT2D eigenvalue weighted by atomic mass is 9.92. The summed E-state index contributed by atoms with van der Waals surface area (Å²) in [4.78, 5) is 55.7. The van der Waals surface area contributed by atoms with E-state index >= 15 is 0 Å². The number of nitrogens with zero attached hydrogens (tertiary/aromatic N) is 1. The zero-order valence-electron chi connectivity index (χ0n) is 28.4. The van der Waals surface area contributed by atoms with Crippen molar-refractivity contribution in [3.8, 4) is 11.5 Å². The second kappa shape index (κ2) is 19.9. The molecule has 0 aliphatic carbocycles. The third kappa shape index (κ3) is 12.6. The van der Waals surface area contributed by atoms with E-state index in [1.807, 2.05) is 19.1 Å². The van der Waals surface area contributed by atoms with Crippen molar-refractivity contribution in [1.29, 1.82) is 5.41 Å². The Morgan fingerprint density at radius 2 is 1.55 bits per heavy atom. The number of hydrogen-bond acceptors (Lipinski definition) is 8. The average molecular weight is 650 g/mol. The van der Waals surface area contributed by atoms with Crippen LogP contribution in [0.25, 0.3) is 0 Å². The fourth-order valence-corrected chi connectivity index (χ4v) is 5.44. The first-order valence-corrected chi connectivity index (χ1v) is 16.3. The summed E-state index contributed by atoms with van der Waals surface area (Å²) in [6.45, 7) is 5.81. The Labute approximate surface area is 278 Å². The van der Waals surface area contributed by atoms with Crippen LogP contribution < -0.4 is 26.3 Å². The molecule has 1 amide bonds. The maximum absolute atomic E-state index is 13.4. The fourth-order valence-electron chi connectivity index (χ4n) is 5.44. The van der Waals surface area contributed by atoms with Gasteiger partial charge in [-0.05, 0) is 87.8 Å². The van der Waals surface area contributed by atoms with Crippen LogP contribution in [0.4, 0.5) is 5.69 Å². The number of carbonyl (C=O) groups is 4. The highest BCUT2D eigenvalue weighted by atomic mass is 16.5. The van der Waals surface area contributed by atoms with Gasteiger partial charge >= 0.3 is 0 Å². The second-order valence-corrected chi connectivity index (χ2v) is 11.9. The largest absolute Gasteiger partial charge is 0.496 e. The molecular weight excluding hydrogens is 598 g/mol. The van der Waals surface area contributed by atoms with Crippen molar-refractivity contribution in [2.24, 2.45) is 28.3 Å². The summed E-state index contributed by atoms with van der Waals surface area (Å²) < 4.78 is 10.8. The average Bonchev–Trinajstić information content (AvgIpc) is 3.04. The van der Waals surface area contributed by atoms with Crippen LogP contribution >= 0.6 is 0 Å². The van der Waals surface area contributed by atoms with Gasteiger partial charge in [0.15, 0.2) is 11.7 Å². The van der Waals surface area contributed by atoms with Crippen molar-refractivity contribution in [2.75, 3.05) is 26.1 Å². The zero-order chi connectivity index (χ0) is 34.9. The van der Waals surface area contributed by atoms with E-state index in [0.717, 1.165) is 18.4 Å². The number of Topliss-reactive ketones (excluding diaryl/α,β-unsaturated/α-hetero) is 3. The molecule has 2 aromatic carbocycles. The molecule has 0 aromatic heterocycles. The maximum Gasteiger partial charge on any atom is 0.227 e. The van der Waals surface area contributed by atoms with Crippen molar-refractivity contribution < 1.29 is 28.7 Å². The molecule has 2 atom stereocenters. The Balaban J connectivity index is 2.12. The van der Waals surface area contributed by atoms with Crippen LogP contribution in [-0.4, -0.2) is 55.7 Å². The van der Waals surface area contributed by atoms with Gasteiger partial charge in [-0.3, -0.25) is 24.2 Å². The Morgan fingerprint density at radius 1 is 0.894 bits per heavy atom. The van der Waals surface area contributed by atoms with Gasteiger partial charge in [-0.2, -0.15) is 0 Å². The number of guanidine groups is 1. The van der Waals surface area contributed by atoms with Gasteiger partial charge in [-0.1, -0.05) is 26.3 Å². The smallest absolute Gasteiger partial charge is 0.227 e. The monoisotopic (exact) mass is 649 g/mol. The van der Waals surface area contributed by atoms with Crippen molar-refractivity contribution >= 4 is 40.6 Å². The third-order valence-electron chi connectivity index (χ3n) is 8.11. The SMILES string of the molecule is CCCC(C)C(=O)CCCc1ccc(OC)c(C(=O)CCCC(CCCN=C(N)N)C(=O)Nc2ccc(OC)c(C(=O)C(C)=N)c2)c1. The maximum atomic E-state index is 13.4. The van der Waals surface area contributed by atoms with Gasteiger partial charge in [0.25, 0.3) is 0 Å². The minimum atomic E-state index is -0.500. The van der Waals surface area contributed by atoms with Crippen molar-refractivity contribution in [2.45, 2.75) is 85.0 Å². The van der Waals surface area contributed by atoms with Gasteiger partial charge in [0.05, 0.1) is 31.1 Å². The van der Waals surface area contributed by atoms with E-state index in [4.69, 9.17) is 26.4 Å². The highest BCUT2D eigenvalue weighted by Crippen LogP contribution is 2.27. The van der Waals surface area contributed by atoms with Crippen molar-refractivity contribution in [1.82, 2.24) is 0 Å². The molecule has 256 valence electrons. The minimum Gasteiger partial charge on any atom is -0.496 e. The highest BCUT2D eigenvalue weighted by molar-refractivity contribution is 6.44. The number of rotatable bonds is 22. The first-order chi connectivity index (χ1) is 22.4. The van der Waals surface area contributed by atoms with Gasteiger partial charge in [0.1, 0.15) is 17.3 Å². The predicted molar refractivity (Wildman–Crippen MR) is 186 cm³/mol. The number of nitrogens with one attached hydrogen (secondary N) is 2. The molecule has 0 spiro atoms. The number of ketones is 3. The summed E-state index contributed by atoms with van der Waals surface area (Å²) in [6.07, 6.45) is 5.93. The Bertz CT molecular complexity index is 1430. The Morgan fingerprint density at radius 3 is 2.19 bits per heavy atom. The summed E-state index contributed by atoms with van der Waals surface area (Å²) >= 11 is 0.